The Morgan fingerprint density at radius 1 is 1.41 bits per heavy atom. The second-order valence-electron chi connectivity index (χ2n) is 4.05. The first-order valence-electron chi connectivity index (χ1n) is 6.04. The van der Waals surface area contributed by atoms with Crippen LogP contribution in [0.3, 0.4) is 0 Å². The monoisotopic (exact) mass is 269 g/mol. The van der Waals surface area contributed by atoms with Gasteiger partial charge in [-0.3, -0.25) is 0 Å². The molecule has 94 valence electrons. The van der Waals surface area contributed by atoms with Crippen molar-refractivity contribution in [3.05, 3.63) is 23.8 Å². The first-order chi connectivity index (χ1) is 8.35. The van der Waals surface area contributed by atoms with Crippen molar-refractivity contribution >= 4 is 23.5 Å². The van der Waals surface area contributed by atoms with Gasteiger partial charge in [0.2, 0.25) is 0 Å². The first-order valence-corrected chi connectivity index (χ1v) is 8.14. The first kappa shape index (κ1) is 13.2. The highest BCUT2D eigenvalue weighted by Crippen LogP contribution is 2.42. The molecule has 1 fully saturated rings. The fourth-order valence-corrected chi connectivity index (χ4v) is 4.97. The summed E-state index contributed by atoms with van der Waals surface area (Å²) in [6, 6.07) is 1.99. The molecular formula is C12H19N3S2. The van der Waals surface area contributed by atoms with Gasteiger partial charge in [-0.1, -0.05) is 6.92 Å². The predicted octanol–water partition coefficient (Wildman–Crippen LogP) is 2.50. The van der Waals surface area contributed by atoms with Crippen molar-refractivity contribution in [3.63, 3.8) is 0 Å². The Hall–Kier alpha value is -0.260. The number of rotatable bonds is 4. The summed E-state index contributed by atoms with van der Waals surface area (Å²) in [7, 11) is 1.95. The molecular weight excluding hydrogens is 250 g/mol. The van der Waals surface area contributed by atoms with E-state index in [0.29, 0.717) is 10.5 Å². The van der Waals surface area contributed by atoms with Crippen LogP contribution in [0.1, 0.15) is 30.1 Å². The van der Waals surface area contributed by atoms with Gasteiger partial charge in [-0.25, -0.2) is 9.97 Å². The lowest BCUT2D eigenvalue weighted by Crippen LogP contribution is -2.21. The molecule has 0 bridgehead atoms. The van der Waals surface area contributed by atoms with Gasteiger partial charge >= 0.3 is 0 Å². The van der Waals surface area contributed by atoms with Gasteiger partial charge in [0, 0.05) is 29.5 Å². The summed E-state index contributed by atoms with van der Waals surface area (Å²) in [5, 5.41) is 4.27. The topological polar surface area (TPSA) is 37.8 Å². The molecule has 3 nitrogen and oxygen atoms in total. The van der Waals surface area contributed by atoms with Crippen LogP contribution in [0.4, 0.5) is 0 Å². The van der Waals surface area contributed by atoms with Crippen LogP contribution in [0.25, 0.3) is 0 Å². The molecule has 5 heteroatoms. The van der Waals surface area contributed by atoms with Gasteiger partial charge < -0.3 is 5.32 Å². The second kappa shape index (κ2) is 6.61. The van der Waals surface area contributed by atoms with E-state index in [1.807, 2.05) is 31.1 Å². The fraction of sp³-hybridized carbons (Fsp3) is 0.667. The molecule has 2 rings (SSSR count). The molecule has 0 aromatic carbocycles. The number of aromatic nitrogens is 2. The van der Waals surface area contributed by atoms with Gasteiger partial charge in [0.05, 0.1) is 10.9 Å². The van der Waals surface area contributed by atoms with Gasteiger partial charge in [-0.2, -0.15) is 11.8 Å². The fourth-order valence-electron chi connectivity index (χ4n) is 1.97. The average molecular weight is 269 g/mol. The van der Waals surface area contributed by atoms with Crippen molar-refractivity contribution in [2.24, 2.45) is 0 Å². The molecule has 0 radical (unpaired) electrons. The van der Waals surface area contributed by atoms with E-state index in [0.717, 1.165) is 18.1 Å². The van der Waals surface area contributed by atoms with Crippen molar-refractivity contribution in [2.75, 3.05) is 18.6 Å². The zero-order chi connectivity index (χ0) is 12.1. The van der Waals surface area contributed by atoms with Crippen LogP contribution in [0.2, 0.25) is 0 Å². The van der Waals surface area contributed by atoms with Crippen LogP contribution in [-0.2, 0) is 6.54 Å². The molecule has 2 unspecified atom stereocenters. The van der Waals surface area contributed by atoms with E-state index in [4.69, 9.17) is 0 Å². The molecule has 1 aromatic rings. The van der Waals surface area contributed by atoms with Crippen LogP contribution in [0.15, 0.2) is 12.3 Å². The van der Waals surface area contributed by atoms with Crippen LogP contribution >= 0.6 is 23.5 Å². The van der Waals surface area contributed by atoms with Crippen molar-refractivity contribution in [2.45, 2.75) is 30.4 Å². The summed E-state index contributed by atoms with van der Waals surface area (Å²) in [5.41, 5.74) is 1.09. The molecule has 1 aliphatic heterocycles. The molecule has 1 aromatic heterocycles. The Labute approximate surface area is 112 Å². The molecule has 0 spiro atoms. The van der Waals surface area contributed by atoms with Crippen LogP contribution in [0.5, 0.6) is 0 Å². The van der Waals surface area contributed by atoms with Gasteiger partial charge in [0.25, 0.3) is 0 Å². The zero-order valence-corrected chi connectivity index (χ0v) is 12.0. The Bertz CT molecular complexity index is 359. The van der Waals surface area contributed by atoms with Gasteiger partial charge in [0.15, 0.2) is 0 Å². The summed E-state index contributed by atoms with van der Waals surface area (Å²) in [4.78, 5) is 9.15. The molecule has 0 amide bonds. The summed E-state index contributed by atoms with van der Waals surface area (Å²) in [6.07, 6.45) is 3.09. The highest BCUT2D eigenvalue weighted by Gasteiger charge is 2.28. The minimum absolute atomic E-state index is 0.468. The van der Waals surface area contributed by atoms with E-state index in [1.165, 1.54) is 17.9 Å². The molecule has 2 heterocycles. The smallest absolute Gasteiger partial charge is 0.142 e. The third-order valence-corrected chi connectivity index (χ3v) is 6.04. The van der Waals surface area contributed by atoms with E-state index in [2.05, 4.69) is 34.0 Å². The maximum absolute atomic E-state index is 4.68. The van der Waals surface area contributed by atoms with E-state index < -0.39 is 0 Å². The predicted molar refractivity (Wildman–Crippen MR) is 76.5 cm³/mol. The lowest BCUT2D eigenvalue weighted by Gasteiger charge is -2.28. The third-order valence-electron chi connectivity index (χ3n) is 2.80. The summed E-state index contributed by atoms with van der Waals surface area (Å²) in [6.45, 7) is 3.07. The molecule has 1 N–H and O–H groups in total. The molecule has 17 heavy (non-hydrogen) atoms. The maximum Gasteiger partial charge on any atom is 0.142 e. The minimum Gasteiger partial charge on any atom is -0.314 e. The standard InChI is InChI=1S/C12H19N3S2/c1-3-10-11(17-7-6-16-10)12-14-5-4-9(15-12)8-13-2/h4-5,10-11,13H,3,6-8H2,1-2H3. The SMILES string of the molecule is CCC1SCCSC1c1nccc(CNC)n1. The average Bonchev–Trinajstić information content (AvgIpc) is 2.39. The highest BCUT2D eigenvalue weighted by atomic mass is 32.2. The van der Waals surface area contributed by atoms with E-state index in [1.54, 1.807) is 0 Å². The Morgan fingerprint density at radius 2 is 2.24 bits per heavy atom. The van der Waals surface area contributed by atoms with Crippen molar-refractivity contribution in [3.8, 4) is 0 Å². The van der Waals surface area contributed by atoms with Crippen LogP contribution in [-0.4, -0.2) is 33.8 Å². The Morgan fingerprint density at radius 3 is 3.00 bits per heavy atom. The number of nitrogens with zero attached hydrogens (tertiary/aromatic N) is 2. The lowest BCUT2D eigenvalue weighted by molar-refractivity contribution is 0.722. The number of thioether (sulfide) groups is 2. The van der Waals surface area contributed by atoms with Crippen molar-refractivity contribution < 1.29 is 0 Å². The Balaban J connectivity index is 2.16. The van der Waals surface area contributed by atoms with Crippen molar-refractivity contribution in [1.29, 1.82) is 0 Å². The largest absolute Gasteiger partial charge is 0.314 e. The van der Waals surface area contributed by atoms with Crippen LogP contribution < -0.4 is 5.32 Å². The zero-order valence-electron chi connectivity index (χ0n) is 10.3. The van der Waals surface area contributed by atoms with Gasteiger partial charge in [-0.05, 0) is 19.5 Å². The summed E-state index contributed by atoms with van der Waals surface area (Å²) in [5.74, 6) is 3.49. The lowest BCUT2D eigenvalue weighted by atomic mass is 10.2. The molecule has 0 saturated carbocycles. The quantitative estimate of drug-likeness (QED) is 0.909. The number of nitrogens with one attached hydrogen (secondary N) is 1. The van der Waals surface area contributed by atoms with Crippen LogP contribution in [0, 0.1) is 0 Å². The minimum atomic E-state index is 0.468. The van der Waals surface area contributed by atoms with Gasteiger partial charge in [-0.15, -0.1) is 11.8 Å². The Kier molecular flexibility index (Phi) is 5.13. The van der Waals surface area contributed by atoms with E-state index >= 15 is 0 Å². The summed E-state index contributed by atoms with van der Waals surface area (Å²) >= 11 is 4.08. The molecule has 1 saturated heterocycles. The highest BCUT2D eigenvalue weighted by molar-refractivity contribution is 8.06. The maximum atomic E-state index is 4.68. The van der Waals surface area contributed by atoms with E-state index in [-0.39, 0.29) is 0 Å². The van der Waals surface area contributed by atoms with Crippen molar-refractivity contribution in [1.82, 2.24) is 15.3 Å². The number of hydrogen-bond donors (Lipinski definition) is 1. The second-order valence-corrected chi connectivity index (χ2v) is 6.64. The van der Waals surface area contributed by atoms with E-state index in [9.17, 15) is 0 Å². The third kappa shape index (κ3) is 3.36. The molecule has 0 aliphatic carbocycles. The van der Waals surface area contributed by atoms with Gasteiger partial charge in [0.1, 0.15) is 5.82 Å². The number of hydrogen-bond acceptors (Lipinski definition) is 5. The summed E-state index contributed by atoms with van der Waals surface area (Å²) < 4.78 is 0. The normalized spacial score (nSPS) is 24.8. The molecule has 1 aliphatic rings. The molecule has 2 atom stereocenters.